The predicted octanol–water partition coefficient (Wildman–Crippen LogP) is 1.55. The van der Waals surface area contributed by atoms with Gasteiger partial charge in [0.2, 0.25) is 0 Å². The van der Waals surface area contributed by atoms with Crippen molar-refractivity contribution >= 4 is 11.3 Å². The molecule has 2 N–H and O–H groups in total. The van der Waals surface area contributed by atoms with Gasteiger partial charge in [0.1, 0.15) is 0 Å². The summed E-state index contributed by atoms with van der Waals surface area (Å²) in [5, 5.41) is 8.91. The van der Waals surface area contributed by atoms with Crippen molar-refractivity contribution in [3.05, 3.63) is 41.1 Å². The number of nitriles is 1. The molecule has 19 heavy (non-hydrogen) atoms. The molecule has 1 heterocycles. The summed E-state index contributed by atoms with van der Waals surface area (Å²) in [6.45, 7) is 4.58. The second-order valence-corrected chi connectivity index (χ2v) is 4.79. The van der Waals surface area contributed by atoms with E-state index >= 15 is 0 Å². The van der Waals surface area contributed by atoms with E-state index in [0.717, 1.165) is 42.0 Å². The number of rotatable bonds is 2. The highest BCUT2D eigenvalue weighted by atomic mass is 15.1. The first-order chi connectivity index (χ1) is 9.15. The summed E-state index contributed by atoms with van der Waals surface area (Å²) in [4.78, 5) is 6.80. The lowest BCUT2D eigenvalue weighted by Crippen LogP contribution is -2.33. The van der Waals surface area contributed by atoms with Crippen LogP contribution >= 0.6 is 0 Å². The number of hydrogen-bond donors (Lipinski definition) is 1. The lowest BCUT2D eigenvalue weighted by molar-refractivity contribution is 0.380. The Morgan fingerprint density at radius 3 is 2.89 bits per heavy atom. The van der Waals surface area contributed by atoms with E-state index in [0.29, 0.717) is 5.56 Å². The molecule has 0 spiro atoms. The van der Waals surface area contributed by atoms with Gasteiger partial charge in [0.25, 0.3) is 0 Å². The van der Waals surface area contributed by atoms with Gasteiger partial charge in [-0.15, -0.1) is 0 Å². The van der Waals surface area contributed by atoms with Gasteiger partial charge in [0.05, 0.1) is 23.9 Å². The molecule has 0 fully saturated rings. The molecule has 0 bridgehead atoms. The number of hydrogen-bond acceptors (Lipinski definition) is 4. The van der Waals surface area contributed by atoms with Crippen LogP contribution in [0.1, 0.15) is 16.7 Å². The van der Waals surface area contributed by atoms with Crippen LogP contribution in [-0.2, 0) is 0 Å². The second kappa shape index (κ2) is 5.68. The highest BCUT2D eigenvalue weighted by Crippen LogP contribution is 2.22. The molecular weight excluding hydrogens is 236 g/mol. The first kappa shape index (κ1) is 13.3. The minimum Gasteiger partial charge on any atom is -0.404 e. The summed E-state index contributed by atoms with van der Waals surface area (Å²) in [5.74, 6) is 0. The number of aliphatic imine (C=N–C) groups is 1. The van der Waals surface area contributed by atoms with Gasteiger partial charge in [0.15, 0.2) is 0 Å². The van der Waals surface area contributed by atoms with Crippen molar-refractivity contribution in [1.29, 1.82) is 5.26 Å². The molecule has 1 aliphatic rings. The highest BCUT2D eigenvalue weighted by molar-refractivity contribution is 6.25. The van der Waals surface area contributed by atoms with Crippen LogP contribution in [0.4, 0.5) is 0 Å². The molecule has 0 saturated carbocycles. The third-order valence-corrected chi connectivity index (χ3v) is 3.33. The van der Waals surface area contributed by atoms with E-state index in [2.05, 4.69) is 23.0 Å². The summed E-state index contributed by atoms with van der Waals surface area (Å²) >= 11 is 0. The fourth-order valence-electron chi connectivity index (χ4n) is 2.29. The minimum atomic E-state index is 0.667. The zero-order valence-corrected chi connectivity index (χ0v) is 11.3. The Balaban J connectivity index is 2.39. The van der Waals surface area contributed by atoms with Gasteiger partial charge in [-0.05, 0) is 37.2 Å². The topological polar surface area (TPSA) is 65.4 Å². The predicted molar refractivity (Wildman–Crippen MR) is 77.9 cm³/mol. The minimum absolute atomic E-state index is 0.667. The SMILES string of the molecule is Cc1cc(C#N)ccc1C(=CN)C1=NCCN(C)C1. The Labute approximate surface area is 113 Å². The molecule has 0 saturated heterocycles. The summed E-state index contributed by atoms with van der Waals surface area (Å²) < 4.78 is 0. The largest absolute Gasteiger partial charge is 0.404 e. The van der Waals surface area contributed by atoms with Gasteiger partial charge in [-0.25, -0.2) is 0 Å². The van der Waals surface area contributed by atoms with E-state index in [-0.39, 0.29) is 0 Å². The zero-order valence-electron chi connectivity index (χ0n) is 11.3. The van der Waals surface area contributed by atoms with Crippen LogP contribution in [0, 0.1) is 18.3 Å². The van der Waals surface area contributed by atoms with Crippen molar-refractivity contribution in [3.63, 3.8) is 0 Å². The summed E-state index contributed by atoms with van der Waals surface area (Å²) in [5.41, 5.74) is 10.5. The molecular formula is C15H18N4. The normalized spacial score (nSPS) is 16.9. The number of benzene rings is 1. The fraction of sp³-hybridized carbons (Fsp3) is 0.333. The summed E-state index contributed by atoms with van der Waals surface area (Å²) in [6.07, 6.45) is 1.62. The van der Waals surface area contributed by atoms with Gasteiger partial charge < -0.3 is 5.73 Å². The first-order valence-electron chi connectivity index (χ1n) is 6.31. The standard InChI is InChI=1S/C15H18N4/c1-11-7-12(8-16)3-4-13(11)14(9-17)15-10-19(2)6-5-18-15/h3-4,7,9H,5-6,10,17H2,1-2H3. The molecule has 0 aliphatic carbocycles. The molecule has 0 unspecified atom stereocenters. The van der Waals surface area contributed by atoms with E-state index in [1.807, 2.05) is 25.1 Å². The van der Waals surface area contributed by atoms with E-state index in [1.165, 1.54) is 0 Å². The zero-order chi connectivity index (χ0) is 13.8. The van der Waals surface area contributed by atoms with Gasteiger partial charge in [0, 0.05) is 24.9 Å². The van der Waals surface area contributed by atoms with E-state index < -0.39 is 0 Å². The monoisotopic (exact) mass is 254 g/mol. The van der Waals surface area contributed by atoms with Crippen molar-refractivity contribution in [3.8, 4) is 6.07 Å². The molecule has 4 heteroatoms. The van der Waals surface area contributed by atoms with Gasteiger partial charge in [-0.2, -0.15) is 5.26 Å². The van der Waals surface area contributed by atoms with Crippen LogP contribution in [0.15, 0.2) is 29.4 Å². The van der Waals surface area contributed by atoms with Crippen LogP contribution in [0.25, 0.3) is 5.57 Å². The lowest BCUT2D eigenvalue weighted by atomic mass is 9.95. The van der Waals surface area contributed by atoms with Crippen molar-refractivity contribution in [2.75, 3.05) is 26.7 Å². The van der Waals surface area contributed by atoms with Crippen LogP contribution in [-0.4, -0.2) is 37.3 Å². The summed E-state index contributed by atoms with van der Waals surface area (Å²) in [7, 11) is 2.08. The third kappa shape index (κ3) is 2.83. The molecule has 1 aromatic rings. The molecule has 0 radical (unpaired) electrons. The molecule has 2 rings (SSSR count). The Hall–Kier alpha value is -2.12. The van der Waals surface area contributed by atoms with Crippen LogP contribution < -0.4 is 5.73 Å². The lowest BCUT2D eigenvalue weighted by Gasteiger charge is -2.24. The van der Waals surface area contributed by atoms with E-state index in [4.69, 9.17) is 11.0 Å². The maximum atomic E-state index is 8.91. The fourth-order valence-corrected chi connectivity index (χ4v) is 2.29. The average Bonchev–Trinajstić information content (AvgIpc) is 2.41. The quantitative estimate of drug-likeness (QED) is 0.871. The molecule has 0 amide bonds. The maximum absolute atomic E-state index is 8.91. The second-order valence-electron chi connectivity index (χ2n) is 4.79. The summed E-state index contributed by atoms with van der Waals surface area (Å²) in [6, 6.07) is 7.80. The Morgan fingerprint density at radius 1 is 1.53 bits per heavy atom. The van der Waals surface area contributed by atoms with Crippen LogP contribution in [0.2, 0.25) is 0 Å². The Morgan fingerprint density at radius 2 is 2.32 bits per heavy atom. The van der Waals surface area contributed by atoms with Gasteiger partial charge in [-0.3, -0.25) is 9.89 Å². The molecule has 4 nitrogen and oxygen atoms in total. The first-order valence-corrected chi connectivity index (χ1v) is 6.31. The van der Waals surface area contributed by atoms with Crippen molar-refractivity contribution in [2.45, 2.75) is 6.92 Å². The van der Waals surface area contributed by atoms with Gasteiger partial charge in [-0.1, -0.05) is 6.07 Å². The average molecular weight is 254 g/mol. The molecule has 1 aromatic carbocycles. The number of nitrogens with zero attached hydrogens (tertiary/aromatic N) is 3. The van der Waals surface area contributed by atoms with Crippen LogP contribution in [0.5, 0.6) is 0 Å². The molecule has 0 atom stereocenters. The van der Waals surface area contributed by atoms with Crippen LogP contribution in [0.3, 0.4) is 0 Å². The van der Waals surface area contributed by atoms with E-state index in [1.54, 1.807) is 6.20 Å². The van der Waals surface area contributed by atoms with Gasteiger partial charge >= 0.3 is 0 Å². The molecule has 0 aromatic heterocycles. The van der Waals surface area contributed by atoms with Crippen molar-refractivity contribution in [1.82, 2.24) is 4.90 Å². The highest BCUT2D eigenvalue weighted by Gasteiger charge is 2.16. The smallest absolute Gasteiger partial charge is 0.0991 e. The number of likely N-dealkylation sites (N-methyl/N-ethyl adjacent to an activating group) is 1. The van der Waals surface area contributed by atoms with E-state index in [9.17, 15) is 0 Å². The third-order valence-electron chi connectivity index (χ3n) is 3.33. The molecule has 1 aliphatic heterocycles. The Kier molecular flexibility index (Phi) is 3.98. The number of nitrogens with two attached hydrogens (primary N) is 1. The number of aryl methyl sites for hydroxylation is 1. The van der Waals surface area contributed by atoms with Crippen molar-refractivity contribution < 1.29 is 0 Å². The Bertz CT molecular complexity index is 578. The molecule has 98 valence electrons. The maximum Gasteiger partial charge on any atom is 0.0991 e. The van der Waals surface area contributed by atoms with Crippen molar-refractivity contribution in [2.24, 2.45) is 10.7 Å².